The lowest BCUT2D eigenvalue weighted by molar-refractivity contribution is 0.0934. The molecule has 1 aromatic rings. The molecule has 14 heavy (non-hydrogen) atoms. The van der Waals surface area contributed by atoms with Crippen LogP contribution in [0.3, 0.4) is 0 Å². The van der Waals surface area contributed by atoms with Gasteiger partial charge in [0.1, 0.15) is 5.69 Å². The van der Waals surface area contributed by atoms with Crippen LogP contribution in [0, 0.1) is 0 Å². The van der Waals surface area contributed by atoms with Crippen LogP contribution in [-0.4, -0.2) is 16.5 Å². The second-order valence-corrected chi connectivity index (χ2v) is 3.60. The Morgan fingerprint density at radius 3 is 2.64 bits per heavy atom. The van der Waals surface area contributed by atoms with Crippen LogP contribution in [0.1, 0.15) is 30.0 Å². The molecule has 1 heterocycles. The Morgan fingerprint density at radius 1 is 1.57 bits per heavy atom. The van der Waals surface area contributed by atoms with Crippen molar-refractivity contribution in [2.75, 3.05) is 0 Å². The van der Waals surface area contributed by atoms with Crippen molar-refractivity contribution in [3.63, 3.8) is 0 Å². The van der Waals surface area contributed by atoms with Gasteiger partial charge in [0, 0.05) is 25.3 Å². The number of nitrogens with two attached hydrogens (primary N) is 1. The summed E-state index contributed by atoms with van der Waals surface area (Å²) in [6, 6.07) is 3.81. The molecule has 4 heteroatoms. The summed E-state index contributed by atoms with van der Waals surface area (Å²) in [5.74, 6) is -0.0535. The number of carbonyl (C=O) groups is 1. The molecule has 0 saturated carbocycles. The smallest absolute Gasteiger partial charge is 0.268 e. The number of hydrogen-bond acceptors (Lipinski definition) is 2. The molecule has 0 fully saturated rings. The van der Waals surface area contributed by atoms with Gasteiger partial charge in [0.05, 0.1) is 0 Å². The van der Waals surface area contributed by atoms with Crippen molar-refractivity contribution < 1.29 is 4.79 Å². The molecule has 0 aliphatic rings. The quantitative estimate of drug-likeness (QED) is 0.743. The third kappa shape index (κ3) is 2.14. The molecular weight excluding hydrogens is 178 g/mol. The van der Waals surface area contributed by atoms with Gasteiger partial charge in [0.25, 0.3) is 5.91 Å². The van der Waals surface area contributed by atoms with Crippen molar-refractivity contribution in [1.82, 2.24) is 9.88 Å². The lowest BCUT2D eigenvalue weighted by atomic mass is 10.3. The summed E-state index contributed by atoms with van der Waals surface area (Å²) in [6.45, 7) is 4.32. The van der Waals surface area contributed by atoms with Crippen LogP contribution in [0.5, 0.6) is 0 Å². The summed E-state index contributed by atoms with van der Waals surface area (Å²) >= 11 is 0. The highest BCUT2D eigenvalue weighted by molar-refractivity contribution is 5.93. The molecule has 0 unspecified atom stereocenters. The molecule has 0 bridgehead atoms. The lowest BCUT2D eigenvalue weighted by Crippen LogP contribution is -2.31. The molecule has 0 aromatic carbocycles. The third-order valence-corrected chi connectivity index (χ3v) is 2.09. The van der Waals surface area contributed by atoms with E-state index >= 15 is 0 Å². The van der Waals surface area contributed by atoms with Crippen LogP contribution in [0.4, 0.5) is 0 Å². The molecule has 0 atom stereocenters. The van der Waals surface area contributed by atoms with E-state index in [4.69, 9.17) is 5.73 Å². The second-order valence-electron chi connectivity index (χ2n) is 3.60. The van der Waals surface area contributed by atoms with Crippen LogP contribution in [-0.2, 0) is 13.6 Å². The number of rotatable bonds is 3. The van der Waals surface area contributed by atoms with Gasteiger partial charge in [-0.1, -0.05) is 0 Å². The van der Waals surface area contributed by atoms with Gasteiger partial charge in [0.2, 0.25) is 0 Å². The van der Waals surface area contributed by atoms with Crippen molar-refractivity contribution in [1.29, 1.82) is 0 Å². The minimum Gasteiger partial charge on any atom is -0.349 e. The predicted molar refractivity (Wildman–Crippen MR) is 55.9 cm³/mol. The number of hydrogen-bond donors (Lipinski definition) is 2. The minimum absolute atomic E-state index is 0.0535. The van der Waals surface area contributed by atoms with Crippen LogP contribution in [0.15, 0.2) is 12.1 Å². The summed E-state index contributed by atoms with van der Waals surface area (Å²) in [5.41, 5.74) is 7.12. The van der Waals surface area contributed by atoms with Crippen LogP contribution < -0.4 is 11.1 Å². The number of nitrogens with one attached hydrogen (secondary N) is 1. The first-order valence-corrected chi connectivity index (χ1v) is 4.71. The maximum atomic E-state index is 11.6. The monoisotopic (exact) mass is 195 g/mol. The molecule has 1 amide bonds. The molecule has 0 aliphatic heterocycles. The van der Waals surface area contributed by atoms with Gasteiger partial charge in [-0.05, 0) is 26.0 Å². The Kier molecular flexibility index (Phi) is 3.30. The van der Waals surface area contributed by atoms with E-state index in [9.17, 15) is 4.79 Å². The molecule has 78 valence electrons. The van der Waals surface area contributed by atoms with E-state index in [1.54, 1.807) is 6.07 Å². The summed E-state index contributed by atoms with van der Waals surface area (Å²) < 4.78 is 1.82. The highest BCUT2D eigenvalue weighted by Gasteiger charge is 2.11. The molecule has 1 rings (SSSR count). The molecule has 0 radical (unpaired) electrons. The Balaban J connectivity index is 2.85. The first-order valence-electron chi connectivity index (χ1n) is 4.71. The SMILES string of the molecule is CC(C)NC(=O)c1ccc(CN)n1C. The average molecular weight is 195 g/mol. The van der Waals surface area contributed by atoms with Crippen molar-refractivity contribution in [3.8, 4) is 0 Å². The fourth-order valence-electron chi connectivity index (χ4n) is 1.32. The second kappa shape index (κ2) is 4.28. The fraction of sp³-hybridized carbons (Fsp3) is 0.500. The van der Waals surface area contributed by atoms with Crippen molar-refractivity contribution >= 4 is 5.91 Å². The molecule has 4 nitrogen and oxygen atoms in total. The van der Waals surface area contributed by atoms with Crippen molar-refractivity contribution in [2.24, 2.45) is 12.8 Å². The van der Waals surface area contributed by atoms with E-state index in [0.29, 0.717) is 12.2 Å². The normalized spacial score (nSPS) is 10.6. The fourth-order valence-corrected chi connectivity index (χ4v) is 1.32. The van der Waals surface area contributed by atoms with Gasteiger partial charge in [-0.25, -0.2) is 0 Å². The summed E-state index contributed by atoms with van der Waals surface area (Å²) in [4.78, 5) is 11.6. The zero-order chi connectivity index (χ0) is 10.7. The topological polar surface area (TPSA) is 60.1 Å². The standard InChI is InChI=1S/C10H17N3O/c1-7(2)12-10(14)9-5-4-8(6-11)13(9)3/h4-5,7H,6,11H2,1-3H3,(H,12,14). The highest BCUT2D eigenvalue weighted by Crippen LogP contribution is 2.06. The first-order chi connectivity index (χ1) is 6.56. The predicted octanol–water partition coefficient (Wildman–Crippen LogP) is 0.622. The van der Waals surface area contributed by atoms with Gasteiger partial charge in [-0.2, -0.15) is 0 Å². The molecular formula is C10H17N3O. The van der Waals surface area contributed by atoms with E-state index in [-0.39, 0.29) is 11.9 Å². The molecule has 1 aromatic heterocycles. The summed E-state index contributed by atoms with van der Waals surface area (Å²) in [6.07, 6.45) is 0. The van der Waals surface area contributed by atoms with E-state index in [2.05, 4.69) is 5.32 Å². The zero-order valence-electron chi connectivity index (χ0n) is 8.87. The maximum Gasteiger partial charge on any atom is 0.268 e. The van der Waals surface area contributed by atoms with Gasteiger partial charge < -0.3 is 15.6 Å². The highest BCUT2D eigenvalue weighted by atomic mass is 16.2. The molecule has 0 spiro atoms. The largest absolute Gasteiger partial charge is 0.349 e. The Morgan fingerprint density at radius 2 is 2.21 bits per heavy atom. The summed E-state index contributed by atoms with van der Waals surface area (Å²) in [5, 5.41) is 2.84. The van der Waals surface area contributed by atoms with Gasteiger partial charge >= 0.3 is 0 Å². The first kappa shape index (κ1) is 10.8. The average Bonchev–Trinajstić information content (AvgIpc) is 2.45. The molecule has 3 N–H and O–H groups in total. The molecule has 0 saturated heterocycles. The van der Waals surface area contributed by atoms with E-state index < -0.39 is 0 Å². The van der Waals surface area contributed by atoms with Crippen LogP contribution in [0.25, 0.3) is 0 Å². The van der Waals surface area contributed by atoms with E-state index in [0.717, 1.165) is 5.69 Å². The zero-order valence-corrected chi connectivity index (χ0v) is 8.87. The summed E-state index contributed by atoms with van der Waals surface area (Å²) in [7, 11) is 1.84. The van der Waals surface area contributed by atoms with Gasteiger partial charge in [-0.3, -0.25) is 4.79 Å². The Bertz CT molecular complexity index is 328. The van der Waals surface area contributed by atoms with Crippen LogP contribution in [0.2, 0.25) is 0 Å². The molecule has 0 aliphatic carbocycles. The third-order valence-electron chi connectivity index (χ3n) is 2.09. The number of nitrogens with zero attached hydrogens (tertiary/aromatic N) is 1. The Labute approximate surface area is 84.1 Å². The van der Waals surface area contributed by atoms with Gasteiger partial charge in [0.15, 0.2) is 0 Å². The lowest BCUT2D eigenvalue weighted by Gasteiger charge is -2.09. The van der Waals surface area contributed by atoms with Crippen LogP contribution >= 0.6 is 0 Å². The Hall–Kier alpha value is -1.29. The maximum absolute atomic E-state index is 11.6. The van der Waals surface area contributed by atoms with Crippen molar-refractivity contribution in [3.05, 3.63) is 23.5 Å². The number of amides is 1. The number of carbonyl (C=O) groups excluding carboxylic acids is 1. The number of aromatic nitrogens is 1. The van der Waals surface area contributed by atoms with Crippen molar-refractivity contribution in [2.45, 2.75) is 26.4 Å². The van der Waals surface area contributed by atoms with E-state index in [1.165, 1.54) is 0 Å². The van der Waals surface area contributed by atoms with Gasteiger partial charge in [-0.15, -0.1) is 0 Å². The van der Waals surface area contributed by atoms with E-state index in [1.807, 2.05) is 31.5 Å². The minimum atomic E-state index is -0.0535.